The molecule has 0 radical (unpaired) electrons. The predicted octanol–water partition coefficient (Wildman–Crippen LogP) is 4.92. The van der Waals surface area contributed by atoms with Gasteiger partial charge in [-0.3, -0.25) is 9.36 Å². The second-order valence-electron chi connectivity index (χ2n) is 9.39. The van der Waals surface area contributed by atoms with Crippen LogP contribution < -0.4 is 23.7 Å². The number of benzene rings is 2. The molecule has 0 amide bonds. The maximum Gasteiger partial charge on any atom is 0.331 e. The van der Waals surface area contributed by atoms with Crippen molar-refractivity contribution in [2.75, 3.05) is 27.6 Å². The standard InChI is InChI=1S/C30H34N2O9/c1-4-5-7-28-31-17-21(32(28)23-10-9-22(37-2)15-25(23)39-11-6-8-29(33)34)13-20(30(35)36)12-19-14-26-27(41-18-40-26)16-24(19)38-3/h9-10,13-17H,4-8,11-12,18H2,1-3H3,(H,33,34)(H,35,36). The lowest BCUT2D eigenvalue weighted by Crippen LogP contribution is -2.10. The van der Waals surface area contributed by atoms with Crippen molar-refractivity contribution in [1.82, 2.24) is 9.55 Å². The summed E-state index contributed by atoms with van der Waals surface area (Å²) >= 11 is 0. The van der Waals surface area contributed by atoms with Crippen LogP contribution in [0.5, 0.6) is 28.7 Å². The Bertz CT molecular complexity index is 1430. The van der Waals surface area contributed by atoms with Gasteiger partial charge in [-0.25, -0.2) is 9.78 Å². The second-order valence-corrected chi connectivity index (χ2v) is 9.39. The van der Waals surface area contributed by atoms with E-state index in [2.05, 4.69) is 11.9 Å². The lowest BCUT2D eigenvalue weighted by molar-refractivity contribution is -0.137. The average Bonchev–Trinajstić information content (AvgIpc) is 3.59. The van der Waals surface area contributed by atoms with Crippen molar-refractivity contribution in [1.29, 1.82) is 0 Å². The van der Waals surface area contributed by atoms with Gasteiger partial charge in [-0.05, 0) is 37.1 Å². The van der Waals surface area contributed by atoms with Gasteiger partial charge in [0.15, 0.2) is 11.5 Å². The minimum Gasteiger partial charge on any atom is -0.497 e. The smallest absolute Gasteiger partial charge is 0.331 e. The highest BCUT2D eigenvalue weighted by Crippen LogP contribution is 2.39. The van der Waals surface area contributed by atoms with Gasteiger partial charge in [0.1, 0.15) is 23.1 Å². The van der Waals surface area contributed by atoms with Crippen molar-refractivity contribution in [2.45, 2.75) is 45.4 Å². The number of imidazole rings is 1. The quantitative estimate of drug-likeness (QED) is 0.193. The molecule has 41 heavy (non-hydrogen) atoms. The molecule has 11 nitrogen and oxygen atoms in total. The van der Waals surface area contributed by atoms with Crippen LogP contribution >= 0.6 is 0 Å². The van der Waals surface area contributed by atoms with E-state index in [4.69, 9.17) is 28.8 Å². The molecule has 0 spiro atoms. The highest BCUT2D eigenvalue weighted by molar-refractivity contribution is 5.92. The van der Waals surface area contributed by atoms with Crippen LogP contribution in [0.3, 0.4) is 0 Å². The van der Waals surface area contributed by atoms with Crippen LogP contribution in [-0.2, 0) is 22.4 Å². The Morgan fingerprint density at radius 1 is 1.05 bits per heavy atom. The van der Waals surface area contributed by atoms with Crippen LogP contribution in [0.15, 0.2) is 42.1 Å². The Morgan fingerprint density at radius 3 is 2.51 bits per heavy atom. The molecule has 0 aliphatic carbocycles. The summed E-state index contributed by atoms with van der Waals surface area (Å²) in [5.74, 6) is 1.34. The van der Waals surface area contributed by atoms with Crippen molar-refractivity contribution in [3.8, 4) is 34.4 Å². The molecule has 218 valence electrons. The van der Waals surface area contributed by atoms with E-state index in [0.29, 0.717) is 58.5 Å². The molecule has 1 aliphatic heterocycles. The third-order valence-corrected chi connectivity index (χ3v) is 6.57. The summed E-state index contributed by atoms with van der Waals surface area (Å²) in [6.07, 6.45) is 6.08. The van der Waals surface area contributed by atoms with Crippen LogP contribution in [0.25, 0.3) is 11.8 Å². The van der Waals surface area contributed by atoms with Gasteiger partial charge in [0.25, 0.3) is 0 Å². The zero-order valence-electron chi connectivity index (χ0n) is 23.3. The second kappa shape index (κ2) is 13.6. The molecule has 2 N–H and O–H groups in total. The predicted molar refractivity (Wildman–Crippen MR) is 150 cm³/mol. The van der Waals surface area contributed by atoms with E-state index in [1.165, 1.54) is 7.11 Å². The van der Waals surface area contributed by atoms with Gasteiger partial charge < -0.3 is 33.9 Å². The van der Waals surface area contributed by atoms with Gasteiger partial charge >= 0.3 is 11.9 Å². The first-order valence-electron chi connectivity index (χ1n) is 13.3. The zero-order chi connectivity index (χ0) is 29.4. The van der Waals surface area contributed by atoms with Crippen LogP contribution in [-0.4, -0.2) is 59.3 Å². The molecule has 2 heterocycles. The third-order valence-electron chi connectivity index (χ3n) is 6.57. The van der Waals surface area contributed by atoms with E-state index in [1.54, 1.807) is 43.6 Å². The van der Waals surface area contributed by atoms with E-state index in [-0.39, 0.29) is 31.8 Å². The highest BCUT2D eigenvalue weighted by Gasteiger charge is 2.22. The molecule has 2 aromatic carbocycles. The summed E-state index contributed by atoms with van der Waals surface area (Å²) in [6.45, 7) is 2.35. The number of hydrogen-bond donors (Lipinski definition) is 2. The van der Waals surface area contributed by atoms with E-state index in [9.17, 15) is 14.7 Å². The van der Waals surface area contributed by atoms with Crippen molar-refractivity contribution in [3.63, 3.8) is 0 Å². The van der Waals surface area contributed by atoms with Crippen LogP contribution in [0.4, 0.5) is 0 Å². The fourth-order valence-corrected chi connectivity index (χ4v) is 4.49. The Balaban J connectivity index is 1.76. The van der Waals surface area contributed by atoms with Crippen molar-refractivity contribution in [2.24, 2.45) is 0 Å². The molecule has 3 aromatic rings. The first-order chi connectivity index (χ1) is 19.8. The molecule has 0 saturated carbocycles. The number of fused-ring (bicyclic) bond motifs is 1. The average molecular weight is 567 g/mol. The normalized spacial score (nSPS) is 12.3. The number of ether oxygens (including phenoxy) is 5. The Kier molecular flexibility index (Phi) is 9.73. The number of nitrogens with zero attached hydrogens (tertiary/aromatic N) is 2. The number of hydrogen-bond acceptors (Lipinski definition) is 8. The fourth-order valence-electron chi connectivity index (χ4n) is 4.49. The number of carboxylic acids is 2. The minimum absolute atomic E-state index is 0.0224. The largest absolute Gasteiger partial charge is 0.497 e. The van der Waals surface area contributed by atoms with E-state index in [0.717, 1.165) is 18.7 Å². The summed E-state index contributed by atoms with van der Waals surface area (Å²) in [7, 11) is 3.06. The summed E-state index contributed by atoms with van der Waals surface area (Å²) in [5.41, 5.74) is 1.94. The number of carboxylic acid groups (broad SMARTS) is 2. The van der Waals surface area contributed by atoms with Crippen molar-refractivity contribution in [3.05, 3.63) is 59.2 Å². The third kappa shape index (κ3) is 7.10. The van der Waals surface area contributed by atoms with E-state index < -0.39 is 11.9 Å². The molecule has 11 heteroatoms. The molecule has 1 aromatic heterocycles. The number of carbonyl (C=O) groups is 2. The Labute approximate surface area is 237 Å². The molecular weight excluding hydrogens is 532 g/mol. The topological polar surface area (TPSA) is 139 Å². The molecule has 1 aliphatic rings. The Hall–Kier alpha value is -4.67. The molecule has 0 saturated heterocycles. The van der Waals surface area contributed by atoms with E-state index in [1.807, 2.05) is 10.6 Å². The van der Waals surface area contributed by atoms with E-state index >= 15 is 0 Å². The summed E-state index contributed by atoms with van der Waals surface area (Å²) in [5, 5.41) is 19.2. The van der Waals surface area contributed by atoms with Gasteiger partial charge in [0.2, 0.25) is 6.79 Å². The number of aromatic nitrogens is 2. The monoisotopic (exact) mass is 566 g/mol. The summed E-state index contributed by atoms with van der Waals surface area (Å²) in [4.78, 5) is 28.1. The van der Waals surface area contributed by atoms with Crippen LogP contribution in [0.1, 0.15) is 49.7 Å². The molecule has 0 unspecified atom stereocenters. The molecule has 0 fully saturated rings. The fraction of sp³-hybridized carbons (Fsp3) is 0.367. The number of aryl methyl sites for hydroxylation is 1. The minimum atomic E-state index is -1.09. The van der Waals surface area contributed by atoms with Gasteiger partial charge in [0.05, 0.1) is 38.4 Å². The SMILES string of the molecule is CCCCc1ncc(C=C(Cc2cc3c(cc2OC)OCO3)C(=O)O)n1-c1ccc(OC)cc1OCCCC(=O)O. The number of methoxy groups -OCH3 is 2. The van der Waals surface area contributed by atoms with Crippen molar-refractivity contribution < 1.29 is 43.5 Å². The number of rotatable bonds is 15. The lowest BCUT2D eigenvalue weighted by atomic mass is 10.0. The zero-order valence-corrected chi connectivity index (χ0v) is 23.3. The molecular formula is C30H34N2O9. The van der Waals surface area contributed by atoms with Gasteiger partial charge in [-0.1, -0.05) is 13.3 Å². The molecule has 4 rings (SSSR count). The van der Waals surface area contributed by atoms with Crippen molar-refractivity contribution >= 4 is 18.0 Å². The summed E-state index contributed by atoms with van der Waals surface area (Å²) in [6, 6.07) is 8.75. The maximum absolute atomic E-state index is 12.5. The maximum atomic E-state index is 12.5. The van der Waals surface area contributed by atoms with Gasteiger partial charge in [0, 0.05) is 42.5 Å². The Morgan fingerprint density at radius 2 is 1.83 bits per heavy atom. The van der Waals surface area contributed by atoms with Crippen LogP contribution in [0, 0.1) is 0 Å². The summed E-state index contributed by atoms with van der Waals surface area (Å²) < 4.78 is 29.7. The highest BCUT2D eigenvalue weighted by atomic mass is 16.7. The first kappa shape index (κ1) is 29.3. The molecule has 0 atom stereocenters. The van der Waals surface area contributed by atoms with Gasteiger partial charge in [-0.2, -0.15) is 0 Å². The lowest BCUT2D eigenvalue weighted by Gasteiger charge is -2.17. The molecule has 0 bridgehead atoms. The number of aliphatic carboxylic acids is 2. The first-order valence-corrected chi connectivity index (χ1v) is 13.3. The van der Waals surface area contributed by atoms with Crippen LogP contribution in [0.2, 0.25) is 0 Å². The number of unbranched alkanes of at least 4 members (excludes halogenated alkanes) is 1. The van der Waals surface area contributed by atoms with Gasteiger partial charge in [-0.15, -0.1) is 0 Å².